The molecular weight excluding hydrogens is 216 g/mol. The van der Waals surface area contributed by atoms with Crippen molar-refractivity contribution in [2.24, 2.45) is 0 Å². The maximum atomic E-state index is 9.68. The summed E-state index contributed by atoms with van der Waals surface area (Å²) in [6, 6.07) is 3.44. The lowest BCUT2D eigenvalue weighted by molar-refractivity contribution is 0.213. The predicted octanol–water partition coefficient (Wildman–Crippen LogP) is 1.74. The van der Waals surface area contributed by atoms with Crippen LogP contribution in [0.5, 0.6) is 5.75 Å². The first kappa shape index (κ1) is 13.9. The number of aromatic nitrogens is 1. The van der Waals surface area contributed by atoms with E-state index in [1.807, 2.05) is 6.92 Å². The Morgan fingerprint density at radius 3 is 2.71 bits per heavy atom. The fourth-order valence-electron chi connectivity index (χ4n) is 1.67. The Morgan fingerprint density at radius 2 is 2.12 bits per heavy atom. The monoisotopic (exact) mass is 238 g/mol. The minimum atomic E-state index is -0.118. The average Bonchev–Trinajstić information content (AvgIpc) is 2.31. The van der Waals surface area contributed by atoms with Crippen molar-refractivity contribution < 1.29 is 10.2 Å². The van der Waals surface area contributed by atoms with E-state index in [4.69, 9.17) is 5.11 Å². The molecule has 0 saturated heterocycles. The average molecular weight is 238 g/mol. The third-order valence-corrected chi connectivity index (χ3v) is 3.22. The third-order valence-electron chi connectivity index (χ3n) is 3.22. The van der Waals surface area contributed by atoms with Crippen molar-refractivity contribution in [1.29, 1.82) is 0 Å². The van der Waals surface area contributed by atoms with Gasteiger partial charge in [0.05, 0.1) is 5.69 Å². The van der Waals surface area contributed by atoms with Gasteiger partial charge in [-0.3, -0.25) is 4.98 Å². The Balaban J connectivity index is 2.68. The van der Waals surface area contributed by atoms with E-state index in [-0.39, 0.29) is 17.9 Å². The smallest absolute Gasteiger partial charge is 0.138 e. The standard InChI is InChI=1S/C13H22N2O2/c1-4-13(3,7-8-16)14-9-11-12(17)6-5-10(2)15-11/h5-6,14,16-17H,4,7-9H2,1-3H3. The van der Waals surface area contributed by atoms with Gasteiger partial charge in [-0.25, -0.2) is 0 Å². The van der Waals surface area contributed by atoms with E-state index >= 15 is 0 Å². The molecule has 4 heteroatoms. The Hall–Kier alpha value is -1.13. The van der Waals surface area contributed by atoms with Crippen molar-refractivity contribution in [2.45, 2.75) is 45.7 Å². The first-order chi connectivity index (χ1) is 8.00. The largest absolute Gasteiger partial charge is 0.506 e. The number of aryl methyl sites for hydroxylation is 1. The molecule has 0 bridgehead atoms. The highest BCUT2D eigenvalue weighted by atomic mass is 16.3. The molecule has 0 saturated carbocycles. The van der Waals surface area contributed by atoms with Gasteiger partial charge in [0, 0.05) is 24.4 Å². The van der Waals surface area contributed by atoms with Gasteiger partial charge < -0.3 is 15.5 Å². The van der Waals surface area contributed by atoms with Crippen molar-refractivity contribution in [3.63, 3.8) is 0 Å². The van der Waals surface area contributed by atoms with Gasteiger partial charge in [-0.2, -0.15) is 0 Å². The van der Waals surface area contributed by atoms with Gasteiger partial charge in [0.2, 0.25) is 0 Å². The van der Waals surface area contributed by atoms with Crippen LogP contribution in [0.4, 0.5) is 0 Å². The number of pyridine rings is 1. The van der Waals surface area contributed by atoms with Crippen LogP contribution in [-0.4, -0.2) is 27.3 Å². The van der Waals surface area contributed by atoms with Gasteiger partial charge in [0.1, 0.15) is 5.75 Å². The molecule has 17 heavy (non-hydrogen) atoms. The van der Waals surface area contributed by atoms with Gasteiger partial charge >= 0.3 is 0 Å². The molecular formula is C13H22N2O2. The van der Waals surface area contributed by atoms with Crippen LogP contribution < -0.4 is 5.32 Å². The summed E-state index contributed by atoms with van der Waals surface area (Å²) in [6.45, 7) is 6.71. The lowest BCUT2D eigenvalue weighted by atomic mass is 9.95. The van der Waals surface area contributed by atoms with Crippen LogP contribution in [0.3, 0.4) is 0 Å². The van der Waals surface area contributed by atoms with E-state index in [1.54, 1.807) is 12.1 Å². The van der Waals surface area contributed by atoms with Gasteiger partial charge in [-0.05, 0) is 38.8 Å². The summed E-state index contributed by atoms with van der Waals surface area (Å²) in [7, 11) is 0. The number of nitrogens with one attached hydrogen (secondary N) is 1. The summed E-state index contributed by atoms with van der Waals surface area (Å²) in [5.41, 5.74) is 1.43. The second-order valence-electron chi connectivity index (χ2n) is 4.66. The summed E-state index contributed by atoms with van der Waals surface area (Å²) < 4.78 is 0. The van der Waals surface area contributed by atoms with Crippen LogP contribution in [0.1, 0.15) is 38.1 Å². The summed E-state index contributed by atoms with van der Waals surface area (Å²) in [5, 5.41) is 22.1. The molecule has 0 fully saturated rings. The third kappa shape index (κ3) is 3.98. The zero-order valence-electron chi connectivity index (χ0n) is 10.8. The normalized spacial score (nSPS) is 14.6. The minimum Gasteiger partial charge on any atom is -0.506 e. The van der Waals surface area contributed by atoms with E-state index in [0.29, 0.717) is 18.7 Å². The van der Waals surface area contributed by atoms with Crippen LogP contribution in [0.25, 0.3) is 0 Å². The molecule has 1 aromatic heterocycles. The molecule has 1 atom stereocenters. The van der Waals surface area contributed by atoms with Gasteiger partial charge in [0.25, 0.3) is 0 Å². The van der Waals surface area contributed by atoms with Crippen LogP contribution in [0.15, 0.2) is 12.1 Å². The zero-order valence-corrected chi connectivity index (χ0v) is 10.8. The van der Waals surface area contributed by atoms with Crippen LogP contribution in [0.2, 0.25) is 0 Å². The number of rotatable bonds is 6. The van der Waals surface area contributed by atoms with Gasteiger partial charge in [0.15, 0.2) is 0 Å². The molecule has 3 N–H and O–H groups in total. The Morgan fingerprint density at radius 1 is 1.41 bits per heavy atom. The van der Waals surface area contributed by atoms with Crippen molar-refractivity contribution in [3.8, 4) is 5.75 Å². The molecule has 1 aromatic rings. The Bertz CT molecular complexity index is 368. The number of hydrogen-bond donors (Lipinski definition) is 3. The SMILES string of the molecule is CCC(C)(CCO)NCc1nc(C)ccc1O. The highest BCUT2D eigenvalue weighted by Crippen LogP contribution is 2.18. The minimum absolute atomic E-state index is 0.118. The molecule has 0 amide bonds. The molecule has 0 aliphatic rings. The molecule has 0 aliphatic heterocycles. The summed E-state index contributed by atoms with van der Waals surface area (Å²) in [4.78, 5) is 4.30. The number of aliphatic hydroxyl groups excluding tert-OH is 1. The van der Waals surface area contributed by atoms with E-state index in [0.717, 1.165) is 12.1 Å². The van der Waals surface area contributed by atoms with Crippen LogP contribution in [-0.2, 0) is 6.54 Å². The summed E-state index contributed by atoms with van der Waals surface area (Å²) in [6.07, 6.45) is 1.61. The molecule has 1 rings (SSSR count). The molecule has 0 radical (unpaired) electrons. The van der Waals surface area contributed by atoms with Crippen molar-refractivity contribution in [1.82, 2.24) is 10.3 Å². The lowest BCUT2D eigenvalue weighted by Crippen LogP contribution is -2.42. The van der Waals surface area contributed by atoms with Crippen LogP contribution in [0, 0.1) is 6.92 Å². The van der Waals surface area contributed by atoms with E-state index in [1.165, 1.54) is 0 Å². The molecule has 0 aliphatic carbocycles. The first-order valence-electron chi connectivity index (χ1n) is 6.02. The molecule has 0 aromatic carbocycles. The lowest BCUT2D eigenvalue weighted by Gasteiger charge is -2.29. The van der Waals surface area contributed by atoms with Crippen molar-refractivity contribution in [2.75, 3.05) is 6.61 Å². The van der Waals surface area contributed by atoms with E-state index < -0.39 is 0 Å². The first-order valence-corrected chi connectivity index (χ1v) is 6.02. The molecule has 1 heterocycles. The quantitative estimate of drug-likeness (QED) is 0.706. The van der Waals surface area contributed by atoms with Crippen LogP contribution >= 0.6 is 0 Å². The Kier molecular flexibility index (Phi) is 4.90. The number of aliphatic hydroxyl groups is 1. The van der Waals surface area contributed by atoms with Crippen molar-refractivity contribution in [3.05, 3.63) is 23.5 Å². The number of aromatic hydroxyl groups is 1. The van der Waals surface area contributed by atoms with Gasteiger partial charge in [-0.15, -0.1) is 0 Å². The highest BCUT2D eigenvalue weighted by molar-refractivity contribution is 5.27. The maximum absolute atomic E-state index is 9.68. The maximum Gasteiger partial charge on any atom is 0.138 e. The van der Waals surface area contributed by atoms with Crippen molar-refractivity contribution >= 4 is 0 Å². The Labute approximate surface area is 103 Å². The second kappa shape index (κ2) is 5.98. The number of nitrogens with zero attached hydrogens (tertiary/aromatic N) is 1. The second-order valence-corrected chi connectivity index (χ2v) is 4.66. The fourth-order valence-corrected chi connectivity index (χ4v) is 1.67. The zero-order chi connectivity index (χ0) is 12.9. The summed E-state index contributed by atoms with van der Waals surface area (Å²) >= 11 is 0. The molecule has 0 spiro atoms. The summed E-state index contributed by atoms with van der Waals surface area (Å²) in [5.74, 6) is 0.213. The molecule has 4 nitrogen and oxygen atoms in total. The van der Waals surface area contributed by atoms with Gasteiger partial charge in [-0.1, -0.05) is 6.92 Å². The van der Waals surface area contributed by atoms with E-state index in [2.05, 4.69) is 24.1 Å². The molecule has 1 unspecified atom stereocenters. The predicted molar refractivity (Wildman–Crippen MR) is 67.9 cm³/mol. The molecule has 96 valence electrons. The van der Waals surface area contributed by atoms with E-state index in [9.17, 15) is 5.11 Å². The topological polar surface area (TPSA) is 65.4 Å². The number of hydrogen-bond acceptors (Lipinski definition) is 4. The highest BCUT2D eigenvalue weighted by Gasteiger charge is 2.21. The fraction of sp³-hybridized carbons (Fsp3) is 0.615.